The first-order chi connectivity index (χ1) is 10.7. The van der Waals surface area contributed by atoms with Crippen molar-refractivity contribution in [3.8, 4) is 0 Å². The number of hydrogen-bond donors (Lipinski definition) is 0. The van der Waals surface area contributed by atoms with Crippen LogP contribution in [0.25, 0.3) is 0 Å². The van der Waals surface area contributed by atoms with Gasteiger partial charge in [0.1, 0.15) is 6.61 Å². The number of fused-ring (bicyclic) bond motifs is 1. The van der Waals surface area contributed by atoms with Crippen LogP contribution in [0.4, 0.5) is 4.79 Å². The van der Waals surface area contributed by atoms with Crippen LogP contribution < -0.4 is 0 Å². The van der Waals surface area contributed by atoms with Crippen molar-refractivity contribution in [3.63, 3.8) is 0 Å². The summed E-state index contributed by atoms with van der Waals surface area (Å²) >= 11 is 0. The molecule has 118 valence electrons. The van der Waals surface area contributed by atoms with Crippen LogP contribution in [0.3, 0.4) is 0 Å². The van der Waals surface area contributed by atoms with Gasteiger partial charge in [0.25, 0.3) is 0 Å². The molecule has 0 spiro atoms. The number of rotatable bonds is 4. The lowest BCUT2D eigenvalue weighted by molar-refractivity contribution is -0.151. The van der Waals surface area contributed by atoms with Gasteiger partial charge in [-0.3, -0.25) is 4.79 Å². The zero-order valence-corrected chi connectivity index (χ0v) is 12.8. The van der Waals surface area contributed by atoms with E-state index < -0.39 is 5.41 Å². The molecule has 2 aliphatic rings. The first kappa shape index (κ1) is 14.9. The number of carbonyl (C=O) groups is 2. The summed E-state index contributed by atoms with van der Waals surface area (Å²) in [6.07, 6.45) is 1.32. The number of ether oxygens (including phenoxy) is 2. The van der Waals surface area contributed by atoms with Gasteiger partial charge in [0, 0.05) is 13.1 Å². The van der Waals surface area contributed by atoms with Crippen LogP contribution in [0.5, 0.6) is 0 Å². The SMILES string of the molecule is CCOC(=O)C12CC1CCN(C(=O)OCc1ccccc1)C2. The molecule has 2 fully saturated rings. The smallest absolute Gasteiger partial charge is 0.410 e. The van der Waals surface area contributed by atoms with Crippen molar-refractivity contribution in [1.82, 2.24) is 4.90 Å². The lowest BCUT2D eigenvalue weighted by Gasteiger charge is -2.30. The molecule has 22 heavy (non-hydrogen) atoms. The van der Waals surface area contributed by atoms with Gasteiger partial charge in [-0.05, 0) is 31.2 Å². The van der Waals surface area contributed by atoms with Gasteiger partial charge in [-0.25, -0.2) is 4.79 Å². The standard InChI is InChI=1S/C17H21NO4/c1-2-21-15(19)17-10-14(17)8-9-18(12-17)16(20)22-11-13-6-4-3-5-7-13/h3-7,14H,2,8-12H2,1H3. The Balaban J connectivity index is 1.56. The van der Waals surface area contributed by atoms with Gasteiger partial charge in [0.2, 0.25) is 0 Å². The molecule has 1 aliphatic heterocycles. The van der Waals surface area contributed by atoms with E-state index in [4.69, 9.17) is 9.47 Å². The van der Waals surface area contributed by atoms with E-state index in [9.17, 15) is 9.59 Å². The van der Waals surface area contributed by atoms with E-state index in [2.05, 4.69) is 0 Å². The molecule has 3 rings (SSSR count). The minimum absolute atomic E-state index is 0.166. The van der Waals surface area contributed by atoms with Gasteiger partial charge < -0.3 is 14.4 Å². The summed E-state index contributed by atoms with van der Waals surface area (Å²) in [5, 5.41) is 0. The first-order valence-corrected chi connectivity index (χ1v) is 7.78. The van der Waals surface area contributed by atoms with Crippen molar-refractivity contribution in [1.29, 1.82) is 0 Å². The predicted octanol–water partition coefficient (Wildman–Crippen LogP) is 2.60. The summed E-state index contributed by atoms with van der Waals surface area (Å²) in [6.45, 7) is 3.52. The van der Waals surface area contributed by atoms with E-state index in [1.807, 2.05) is 30.3 Å². The number of carbonyl (C=O) groups excluding carboxylic acids is 2. The number of esters is 1. The zero-order chi connectivity index (χ0) is 15.6. The van der Waals surface area contributed by atoms with Crippen LogP contribution in [-0.4, -0.2) is 36.7 Å². The highest BCUT2D eigenvalue weighted by Gasteiger charge is 2.63. The van der Waals surface area contributed by atoms with E-state index in [1.54, 1.807) is 11.8 Å². The number of benzene rings is 1. The monoisotopic (exact) mass is 303 g/mol. The molecule has 0 N–H and O–H groups in total. The Morgan fingerprint density at radius 1 is 1.27 bits per heavy atom. The van der Waals surface area contributed by atoms with Gasteiger partial charge in [0.15, 0.2) is 0 Å². The molecule has 2 unspecified atom stereocenters. The second-order valence-electron chi connectivity index (χ2n) is 6.03. The van der Waals surface area contributed by atoms with E-state index in [0.717, 1.165) is 18.4 Å². The molecule has 1 aromatic rings. The quantitative estimate of drug-likeness (QED) is 0.802. The third-order valence-corrected chi connectivity index (χ3v) is 4.60. The summed E-state index contributed by atoms with van der Waals surface area (Å²) in [5.74, 6) is 0.199. The molecule has 1 aliphatic carbocycles. The molecule has 5 heteroatoms. The first-order valence-electron chi connectivity index (χ1n) is 7.78. The molecule has 2 atom stereocenters. The Hall–Kier alpha value is -2.04. The van der Waals surface area contributed by atoms with Crippen molar-refractivity contribution < 1.29 is 19.1 Å². The maximum Gasteiger partial charge on any atom is 0.410 e. The lowest BCUT2D eigenvalue weighted by Crippen LogP contribution is -2.44. The maximum atomic E-state index is 12.2. The molecule has 1 aromatic carbocycles. The van der Waals surface area contributed by atoms with Crippen LogP contribution >= 0.6 is 0 Å². The summed E-state index contributed by atoms with van der Waals surface area (Å²) in [4.78, 5) is 26.0. The van der Waals surface area contributed by atoms with E-state index in [1.165, 1.54) is 0 Å². The van der Waals surface area contributed by atoms with Crippen LogP contribution in [0.15, 0.2) is 30.3 Å². The highest BCUT2D eigenvalue weighted by atomic mass is 16.6. The Morgan fingerprint density at radius 2 is 2.05 bits per heavy atom. The topological polar surface area (TPSA) is 55.8 Å². The molecule has 0 aromatic heterocycles. The van der Waals surface area contributed by atoms with Crippen LogP contribution in [0.1, 0.15) is 25.3 Å². The molecule has 0 bridgehead atoms. The molecular weight excluding hydrogens is 282 g/mol. The van der Waals surface area contributed by atoms with Crippen molar-refractivity contribution in [3.05, 3.63) is 35.9 Å². The van der Waals surface area contributed by atoms with Gasteiger partial charge >= 0.3 is 12.1 Å². The number of piperidine rings is 1. The van der Waals surface area contributed by atoms with Crippen LogP contribution in [-0.2, 0) is 20.9 Å². The fourth-order valence-electron chi connectivity index (χ4n) is 3.24. The minimum Gasteiger partial charge on any atom is -0.466 e. The highest BCUT2D eigenvalue weighted by molar-refractivity contribution is 5.82. The average molecular weight is 303 g/mol. The summed E-state index contributed by atoms with van der Waals surface area (Å²) in [5.41, 5.74) is 0.484. The fraction of sp³-hybridized carbons (Fsp3) is 0.529. The van der Waals surface area contributed by atoms with Gasteiger partial charge in [-0.2, -0.15) is 0 Å². The number of amides is 1. The van der Waals surface area contributed by atoms with Gasteiger partial charge in [-0.1, -0.05) is 30.3 Å². The predicted molar refractivity (Wildman–Crippen MR) is 80.0 cm³/mol. The molecule has 1 heterocycles. The molecule has 1 saturated heterocycles. The van der Waals surface area contributed by atoms with Crippen LogP contribution in [0.2, 0.25) is 0 Å². The number of likely N-dealkylation sites (tertiary alicyclic amines) is 1. The lowest BCUT2D eigenvalue weighted by atomic mass is 9.97. The summed E-state index contributed by atoms with van der Waals surface area (Å²) < 4.78 is 10.5. The maximum absolute atomic E-state index is 12.2. The Kier molecular flexibility index (Phi) is 4.05. The third kappa shape index (κ3) is 2.80. The molecule has 0 radical (unpaired) electrons. The fourth-order valence-corrected chi connectivity index (χ4v) is 3.24. The van der Waals surface area contributed by atoms with Crippen LogP contribution in [0, 0.1) is 11.3 Å². The second-order valence-corrected chi connectivity index (χ2v) is 6.03. The van der Waals surface area contributed by atoms with Gasteiger partial charge in [-0.15, -0.1) is 0 Å². The van der Waals surface area contributed by atoms with E-state index in [-0.39, 0.29) is 18.7 Å². The van der Waals surface area contributed by atoms with Crippen molar-refractivity contribution in [2.45, 2.75) is 26.4 Å². The van der Waals surface area contributed by atoms with E-state index >= 15 is 0 Å². The van der Waals surface area contributed by atoms with Crippen molar-refractivity contribution in [2.75, 3.05) is 19.7 Å². The molecular formula is C17H21NO4. The average Bonchev–Trinajstić information content (AvgIpc) is 3.29. The van der Waals surface area contributed by atoms with Crippen molar-refractivity contribution in [2.24, 2.45) is 11.3 Å². The summed E-state index contributed by atoms with van der Waals surface area (Å²) in [7, 11) is 0. The number of nitrogens with zero attached hydrogens (tertiary/aromatic N) is 1. The Morgan fingerprint density at radius 3 is 2.77 bits per heavy atom. The normalized spacial score (nSPS) is 26.0. The summed E-state index contributed by atoms with van der Waals surface area (Å²) in [6, 6.07) is 9.58. The third-order valence-electron chi connectivity index (χ3n) is 4.60. The minimum atomic E-state index is -0.472. The Bertz CT molecular complexity index is 559. The van der Waals surface area contributed by atoms with E-state index in [0.29, 0.717) is 25.6 Å². The largest absolute Gasteiger partial charge is 0.466 e. The second kappa shape index (κ2) is 5.99. The molecule has 5 nitrogen and oxygen atoms in total. The van der Waals surface area contributed by atoms with Crippen molar-refractivity contribution >= 4 is 12.1 Å². The molecule has 1 saturated carbocycles. The Labute approximate surface area is 130 Å². The number of hydrogen-bond acceptors (Lipinski definition) is 4. The van der Waals surface area contributed by atoms with Gasteiger partial charge in [0.05, 0.1) is 12.0 Å². The highest BCUT2D eigenvalue weighted by Crippen LogP contribution is 2.58. The molecule has 1 amide bonds. The zero-order valence-electron chi connectivity index (χ0n) is 12.8.